The molecule has 1 aromatic rings. The number of halogens is 2. The van der Waals surface area contributed by atoms with Gasteiger partial charge in [0.25, 0.3) is 0 Å². The molecule has 2 N–H and O–H groups in total. The Labute approximate surface area is 126 Å². The Morgan fingerprint density at radius 2 is 2.33 bits per heavy atom. The molecule has 2 rings (SSSR count). The van der Waals surface area contributed by atoms with Gasteiger partial charge in [-0.25, -0.2) is 9.82 Å². The molecule has 1 unspecified atom stereocenters. The van der Waals surface area contributed by atoms with E-state index in [0.29, 0.717) is 24.1 Å². The van der Waals surface area contributed by atoms with Crippen molar-refractivity contribution in [3.63, 3.8) is 0 Å². The second kappa shape index (κ2) is 6.87. The van der Waals surface area contributed by atoms with Crippen LogP contribution in [0.5, 0.6) is 5.75 Å². The number of hydrazone groups is 1. The molecule has 0 spiro atoms. The van der Waals surface area contributed by atoms with Crippen LogP contribution in [-0.4, -0.2) is 29.9 Å². The topological polar surface area (TPSA) is 70.9 Å². The van der Waals surface area contributed by atoms with Crippen LogP contribution in [0, 0.1) is 11.7 Å². The third-order valence-electron chi connectivity index (χ3n) is 3.10. The second-order valence-electron chi connectivity index (χ2n) is 4.83. The lowest BCUT2D eigenvalue weighted by Crippen LogP contribution is -2.32. The summed E-state index contributed by atoms with van der Waals surface area (Å²) in [5, 5.41) is 12.8. The van der Waals surface area contributed by atoms with Crippen LogP contribution < -0.4 is 10.2 Å². The summed E-state index contributed by atoms with van der Waals surface area (Å²) in [5.74, 6) is -0.915. The first-order valence-electron chi connectivity index (χ1n) is 6.62. The van der Waals surface area contributed by atoms with Crippen LogP contribution in [0.15, 0.2) is 17.2 Å². The van der Waals surface area contributed by atoms with Crippen LogP contribution in [0.4, 0.5) is 4.39 Å². The number of nitrogens with one attached hydrogen (secondary N) is 1. The minimum atomic E-state index is -0.595. The van der Waals surface area contributed by atoms with Gasteiger partial charge in [0.2, 0.25) is 5.91 Å². The standard InChI is InChI=1S/C14H16ClFN2O3/c1-8-5-12(20)17-18-13(8)9-6-10(15)14(11(16)7-9)21-4-2-3-19/h6-8,19H,2-5H2,1H3,(H,17,20). The molecule has 1 heterocycles. The molecule has 0 saturated carbocycles. The molecule has 0 bridgehead atoms. The van der Waals surface area contributed by atoms with Gasteiger partial charge in [-0.05, 0) is 12.1 Å². The average molecular weight is 315 g/mol. The maximum atomic E-state index is 14.1. The smallest absolute Gasteiger partial charge is 0.240 e. The van der Waals surface area contributed by atoms with Crippen molar-refractivity contribution in [2.24, 2.45) is 11.0 Å². The third-order valence-corrected chi connectivity index (χ3v) is 3.38. The van der Waals surface area contributed by atoms with E-state index in [9.17, 15) is 9.18 Å². The molecular weight excluding hydrogens is 299 g/mol. The first kappa shape index (κ1) is 15.7. The van der Waals surface area contributed by atoms with E-state index >= 15 is 0 Å². The van der Waals surface area contributed by atoms with E-state index < -0.39 is 5.82 Å². The first-order valence-corrected chi connectivity index (χ1v) is 7.00. The van der Waals surface area contributed by atoms with E-state index in [1.54, 1.807) is 6.07 Å². The summed E-state index contributed by atoms with van der Waals surface area (Å²) in [6.07, 6.45) is 0.695. The number of amides is 1. The van der Waals surface area contributed by atoms with Gasteiger partial charge in [-0.15, -0.1) is 0 Å². The van der Waals surface area contributed by atoms with Crippen molar-refractivity contribution < 1.29 is 19.0 Å². The molecule has 0 fully saturated rings. The number of ether oxygens (including phenoxy) is 1. The lowest BCUT2D eigenvalue weighted by molar-refractivity contribution is -0.121. The third kappa shape index (κ3) is 3.71. The Morgan fingerprint density at radius 3 is 2.95 bits per heavy atom. The average Bonchev–Trinajstić information content (AvgIpc) is 2.41. The number of benzene rings is 1. The van der Waals surface area contributed by atoms with Crippen molar-refractivity contribution in [3.8, 4) is 5.75 Å². The number of hydrogen-bond acceptors (Lipinski definition) is 4. The predicted molar refractivity (Wildman–Crippen MR) is 77.1 cm³/mol. The molecular formula is C14H16ClFN2O3. The number of rotatable bonds is 5. The quantitative estimate of drug-likeness (QED) is 0.818. The largest absolute Gasteiger partial charge is 0.489 e. The van der Waals surface area contributed by atoms with Crippen LogP contribution in [-0.2, 0) is 4.79 Å². The summed E-state index contributed by atoms with van der Waals surface area (Å²) in [7, 11) is 0. The lowest BCUT2D eigenvalue weighted by Gasteiger charge is -2.20. The highest BCUT2D eigenvalue weighted by atomic mass is 35.5. The molecule has 1 aliphatic heterocycles. The number of hydrogen-bond donors (Lipinski definition) is 2. The van der Waals surface area contributed by atoms with Crippen LogP contribution >= 0.6 is 11.6 Å². The summed E-state index contributed by atoms with van der Waals surface area (Å²) in [5.41, 5.74) is 3.48. The van der Waals surface area contributed by atoms with Gasteiger partial charge in [-0.3, -0.25) is 4.79 Å². The highest BCUT2D eigenvalue weighted by Crippen LogP contribution is 2.31. The van der Waals surface area contributed by atoms with Crippen molar-refractivity contribution in [2.45, 2.75) is 19.8 Å². The van der Waals surface area contributed by atoms with Crippen molar-refractivity contribution in [2.75, 3.05) is 13.2 Å². The molecule has 21 heavy (non-hydrogen) atoms. The minimum Gasteiger partial charge on any atom is -0.489 e. The van der Waals surface area contributed by atoms with E-state index in [-0.39, 0.29) is 35.8 Å². The highest BCUT2D eigenvalue weighted by molar-refractivity contribution is 6.32. The van der Waals surface area contributed by atoms with Gasteiger partial charge in [0.1, 0.15) is 0 Å². The van der Waals surface area contributed by atoms with E-state index in [1.807, 2.05) is 6.92 Å². The monoisotopic (exact) mass is 314 g/mol. The van der Waals surface area contributed by atoms with Gasteiger partial charge >= 0.3 is 0 Å². The number of nitrogens with zero attached hydrogens (tertiary/aromatic N) is 1. The maximum Gasteiger partial charge on any atom is 0.240 e. The molecule has 1 atom stereocenters. The van der Waals surface area contributed by atoms with Gasteiger partial charge in [0.15, 0.2) is 11.6 Å². The number of aliphatic hydroxyl groups is 1. The normalized spacial score (nSPS) is 18.2. The highest BCUT2D eigenvalue weighted by Gasteiger charge is 2.23. The maximum absolute atomic E-state index is 14.1. The van der Waals surface area contributed by atoms with Crippen LogP contribution in [0.25, 0.3) is 0 Å². The molecule has 1 aromatic carbocycles. The summed E-state index contributed by atoms with van der Waals surface area (Å²) in [6.45, 7) is 1.99. The molecule has 0 radical (unpaired) electrons. The Hall–Kier alpha value is -1.66. The SMILES string of the molecule is CC1CC(=O)NN=C1c1cc(F)c(OCCCO)c(Cl)c1. The van der Waals surface area contributed by atoms with Gasteiger partial charge < -0.3 is 9.84 Å². The zero-order valence-electron chi connectivity index (χ0n) is 11.5. The molecule has 5 nitrogen and oxygen atoms in total. The lowest BCUT2D eigenvalue weighted by atomic mass is 9.94. The summed E-state index contributed by atoms with van der Waals surface area (Å²) in [4.78, 5) is 11.2. The Kier molecular flexibility index (Phi) is 5.14. The van der Waals surface area contributed by atoms with Crippen molar-refractivity contribution in [1.82, 2.24) is 5.43 Å². The molecule has 0 aromatic heterocycles. The van der Waals surface area contributed by atoms with E-state index in [1.165, 1.54) is 6.07 Å². The van der Waals surface area contributed by atoms with Crippen molar-refractivity contribution in [3.05, 3.63) is 28.5 Å². The molecule has 7 heteroatoms. The van der Waals surface area contributed by atoms with E-state index in [0.717, 1.165) is 0 Å². The van der Waals surface area contributed by atoms with Gasteiger partial charge in [0, 0.05) is 30.9 Å². The zero-order valence-corrected chi connectivity index (χ0v) is 12.3. The molecule has 0 saturated heterocycles. The van der Waals surface area contributed by atoms with E-state index in [2.05, 4.69) is 10.5 Å². The minimum absolute atomic E-state index is 0.0364. The fraction of sp³-hybridized carbons (Fsp3) is 0.429. The molecule has 1 aliphatic rings. The Morgan fingerprint density at radius 1 is 1.57 bits per heavy atom. The first-order chi connectivity index (χ1) is 10.0. The van der Waals surface area contributed by atoms with Crippen molar-refractivity contribution >= 4 is 23.2 Å². The van der Waals surface area contributed by atoms with Crippen LogP contribution in [0.1, 0.15) is 25.3 Å². The number of carbonyl (C=O) groups is 1. The van der Waals surface area contributed by atoms with Gasteiger partial charge in [0.05, 0.1) is 17.3 Å². The molecule has 114 valence electrons. The van der Waals surface area contributed by atoms with Crippen molar-refractivity contribution in [1.29, 1.82) is 0 Å². The number of aliphatic hydroxyl groups excluding tert-OH is 1. The summed E-state index contributed by atoms with van der Waals surface area (Å²) < 4.78 is 19.3. The fourth-order valence-electron chi connectivity index (χ4n) is 2.09. The Balaban J connectivity index is 2.25. The molecule has 0 aliphatic carbocycles. The van der Waals surface area contributed by atoms with Crippen LogP contribution in [0.3, 0.4) is 0 Å². The summed E-state index contributed by atoms with van der Waals surface area (Å²) in [6, 6.07) is 2.85. The number of carbonyl (C=O) groups excluding carboxylic acids is 1. The van der Waals surface area contributed by atoms with E-state index in [4.69, 9.17) is 21.4 Å². The zero-order chi connectivity index (χ0) is 15.4. The van der Waals surface area contributed by atoms with Crippen LogP contribution in [0.2, 0.25) is 5.02 Å². The predicted octanol–water partition coefficient (Wildman–Crippen LogP) is 2.10. The van der Waals surface area contributed by atoms with Gasteiger partial charge in [-0.1, -0.05) is 18.5 Å². The fourth-order valence-corrected chi connectivity index (χ4v) is 2.35. The Bertz CT molecular complexity index is 554. The summed E-state index contributed by atoms with van der Waals surface area (Å²) >= 11 is 6.04. The second-order valence-corrected chi connectivity index (χ2v) is 5.24. The molecule has 1 amide bonds. The van der Waals surface area contributed by atoms with Gasteiger partial charge in [-0.2, -0.15) is 5.10 Å².